The maximum atomic E-state index is 12.6. The minimum Gasteiger partial charge on any atom is -0.347 e. The molecule has 0 radical (unpaired) electrons. The van der Waals surface area contributed by atoms with Gasteiger partial charge in [-0.2, -0.15) is 4.98 Å². The third-order valence-corrected chi connectivity index (χ3v) is 5.70. The molecule has 3 aromatic heterocycles. The second-order valence-electron chi connectivity index (χ2n) is 6.67. The minimum absolute atomic E-state index is 0.164. The van der Waals surface area contributed by atoms with Gasteiger partial charge >= 0.3 is 0 Å². The van der Waals surface area contributed by atoms with Crippen molar-refractivity contribution in [2.75, 3.05) is 19.6 Å². The molecule has 136 valence electrons. The van der Waals surface area contributed by atoms with Crippen molar-refractivity contribution in [1.29, 1.82) is 0 Å². The van der Waals surface area contributed by atoms with Gasteiger partial charge in [0.15, 0.2) is 0 Å². The number of likely N-dealkylation sites (tertiary alicyclic amines) is 1. The van der Waals surface area contributed by atoms with Crippen molar-refractivity contribution < 1.29 is 4.79 Å². The summed E-state index contributed by atoms with van der Waals surface area (Å²) in [6.45, 7) is 6.54. The van der Waals surface area contributed by atoms with Gasteiger partial charge in [-0.15, -0.1) is 16.4 Å². The Morgan fingerprint density at radius 1 is 1.31 bits per heavy atom. The van der Waals surface area contributed by atoms with Crippen LogP contribution in [-0.2, 0) is 0 Å². The van der Waals surface area contributed by atoms with Crippen molar-refractivity contribution in [2.45, 2.75) is 32.7 Å². The minimum atomic E-state index is -0.256. The van der Waals surface area contributed by atoms with Gasteiger partial charge in [0.25, 0.3) is 11.7 Å². The summed E-state index contributed by atoms with van der Waals surface area (Å²) in [4.78, 5) is 25.0. The molecule has 4 heterocycles. The van der Waals surface area contributed by atoms with Crippen LogP contribution >= 0.6 is 11.3 Å². The van der Waals surface area contributed by atoms with Crippen LogP contribution in [0.5, 0.6) is 0 Å². The van der Waals surface area contributed by atoms with Gasteiger partial charge in [0.2, 0.25) is 5.82 Å². The standard InChI is InChI=1S/C18H22N6OS/c1-12-10-13(2)24-18(20-12)21-16(22-24)17(25)19-11-14(15-6-5-9-26-15)23-7-3-4-8-23/h5-6,9-10,14H,3-4,7-8,11H2,1-2H3,(H,19,25). The largest absolute Gasteiger partial charge is 0.347 e. The Morgan fingerprint density at radius 2 is 2.12 bits per heavy atom. The smallest absolute Gasteiger partial charge is 0.291 e. The molecule has 8 heteroatoms. The number of hydrogen-bond donors (Lipinski definition) is 1. The maximum Gasteiger partial charge on any atom is 0.291 e. The molecular weight excluding hydrogens is 348 g/mol. The molecule has 7 nitrogen and oxygen atoms in total. The highest BCUT2D eigenvalue weighted by molar-refractivity contribution is 7.10. The zero-order valence-electron chi connectivity index (χ0n) is 15.0. The molecule has 1 saturated heterocycles. The Balaban J connectivity index is 1.51. The van der Waals surface area contributed by atoms with Crippen molar-refractivity contribution in [3.05, 3.63) is 45.7 Å². The van der Waals surface area contributed by atoms with Crippen LogP contribution in [0.15, 0.2) is 23.6 Å². The van der Waals surface area contributed by atoms with Gasteiger partial charge in [-0.05, 0) is 57.3 Å². The van der Waals surface area contributed by atoms with E-state index in [1.54, 1.807) is 15.9 Å². The Labute approximate surface area is 156 Å². The lowest BCUT2D eigenvalue weighted by atomic mass is 10.2. The molecule has 1 aliphatic heterocycles. The lowest BCUT2D eigenvalue weighted by Crippen LogP contribution is -2.36. The molecular formula is C18H22N6OS. The van der Waals surface area contributed by atoms with E-state index in [4.69, 9.17) is 0 Å². The monoisotopic (exact) mass is 370 g/mol. The van der Waals surface area contributed by atoms with E-state index in [2.05, 4.69) is 42.8 Å². The molecule has 1 atom stereocenters. The zero-order valence-corrected chi connectivity index (χ0v) is 15.8. The van der Waals surface area contributed by atoms with E-state index in [-0.39, 0.29) is 17.8 Å². The van der Waals surface area contributed by atoms with Gasteiger partial charge < -0.3 is 5.32 Å². The number of thiophene rings is 1. The number of fused-ring (bicyclic) bond motifs is 1. The molecule has 1 N–H and O–H groups in total. The lowest BCUT2D eigenvalue weighted by molar-refractivity contribution is 0.0928. The van der Waals surface area contributed by atoms with Crippen LogP contribution in [0.2, 0.25) is 0 Å². The van der Waals surface area contributed by atoms with Crippen LogP contribution in [0.25, 0.3) is 5.78 Å². The number of hydrogen-bond acceptors (Lipinski definition) is 6. The third kappa shape index (κ3) is 3.34. The molecule has 1 fully saturated rings. The van der Waals surface area contributed by atoms with E-state index < -0.39 is 0 Å². The number of aromatic nitrogens is 4. The Morgan fingerprint density at radius 3 is 2.85 bits per heavy atom. The van der Waals surface area contributed by atoms with Gasteiger partial charge in [0.1, 0.15) is 0 Å². The lowest BCUT2D eigenvalue weighted by Gasteiger charge is -2.26. The molecule has 4 rings (SSSR count). The van der Waals surface area contributed by atoms with E-state index in [1.807, 2.05) is 19.9 Å². The van der Waals surface area contributed by atoms with Crippen LogP contribution < -0.4 is 5.32 Å². The van der Waals surface area contributed by atoms with Crippen LogP contribution in [0.4, 0.5) is 0 Å². The average Bonchev–Trinajstić information content (AvgIpc) is 3.36. The normalized spacial score (nSPS) is 16.2. The quantitative estimate of drug-likeness (QED) is 0.746. The molecule has 1 amide bonds. The predicted octanol–water partition coefficient (Wildman–Crippen LogP) is 2.37. The summed E-state index contributed by atoms with van der Waals surface area (Å²) < 4.78 is 1.61. The molecule has 0 aromatic carbocycles. The number of nitrogens with one attached hydrogen (secondary N) is 1. The van der Waals surface area contributed by atoms with Gasteiger partial charge in [0.05, 0.1) is 6.04 Å². The molecule has 0 aliphatic carbocycles. The highest BCUT2D eigenvalue weighted by Gasteiger charge is 2.25. The molecule has 26 heavy (non-hydrogen) atoms. The fourth-order valence-corrected chi connectivity index (χ4v) is 4.34. The SMILES string of the molecule is Cc1cc(C)n2nc(C(=O)NCC(c3cccs3)N3CCCC3)nc2n1. The van der Waals surface area contributed by atoms with Crippen molar-refractivity contribution in [2.24, 2.45) is 0 Å². The van der Waals surface area contributed by atoms with Gasteiger partial charge in [0, 0.05) is 22.8 Å². The summed E-state index contributed by atoms with van der Waals surface area (Å²) >= 11 is 1.73. The molecule has 0 saturated carbocycles. The number of rotatable bonds is 5. The second kappa shape index (κ2) is 7.13. The first kappa shape index (κ1) is 17.1. The maximum absolute atomic E-state index is 12.6. The fraction of sp³-hybridized carbons (Fsp3) is 0.444. The average molecular weight is 370 g/mol. The van der Waals surface area contributed by atoms with Crippen LogP contribution in [0, 0.1) is 13.8 Å². The number of nitrogens with zero attached hydrogens (tertiary/aromatic N) is 5. The Bertz CT molecular complexity index is 913. The highest BCUT2D eigenvalue weighted by atomic mass is 32.1. The van der Waals surface area contributed by atoms with E-state index in [0.717, 1.165) is 24.5 Å². The first-order valence-corrected chi connectivity index (χ1v) is 9.76. The van der Waals surface area contributed by atoms with Crippen molar-refractivity contribution in [3.8, 4) is 0 Å². The molecule has 3 aromatic rings. The third-order valence-electron chi connectivity index (χ3n) is 4.73. The Kier molecular flexibility index (Phi) is 4.69. The highest BCUT2D eigenvalue weighted by Crippen LogP contribution is 2.27. The molecule has 0 spiro atoms. The fourth-order valence-electron chi connectivity index (χ4n) is 3.47. The number of aryl methyl sites for hydroxylation is 2. The van der Waals surface area contributed by atoms with Crippen molar-refractivity contribution >= 4 is 23.0 Å². The van der Waals surface area contributed by atoms with E-state index in [1.165, 1.54) is 17.7 Å². The first-order valence-electron chi connectivity index (χ1n) is 8.88. The topological polar surface area (TPSA) is 75.4 Å². The molecule has 1 aliphatic rings. The van der Waals surface area contributed by atoms with E-state index in [0.29, 0.717) is 12.3 Å². The van der Waals surface area contributed by atoms with Gasteiger partial charge in [-0.1, -0.05) is 6.07 Å². The zero-order chi connectivity index (χ0) is 18.1. The number of carbonyl (C=O) groups is 1. The molecule has 0 bridgehead atoms. The molecule has 1 unspecified atom stereocenters. The van der Waals surface area contributed by atoms with Crippen molar-refractivity contribution in [3.63, 3.8) is 0 Å². The number of carbonyl (C=O) groups excluding carboxylic acids is 1. The van der Waals surface area contributed by atoms with Crippen LogP contribution in [-0.4, -0.2) is 50.0 Å². The summed E-state index contributed by atoms with van der Waals surface area (Å²) in [6, 6.07) is 6.33. The first-order chi connectivity index (χ1) is 12.6. The summed E-state index contributed by atoms with van der Waals surface area (Å²) in [7, 11) is 0. The van der Waals surface area contributed by atoms with Gasteiger partial charge in [-0.3, -0.25) is 9.69 Å². The van der Waals surface area contributed by atoms with Gasteiger partial charge in [-0.25, -0.2) is 9.50 Å². The summed E-state index contributed by atoms with van der Waals surface area (Å²) in [5.41, 5.74) is 1.77. The van der Waals surface area contributed by atoms with Crippen LogP contribution in [0.1, 0.15) is 45.8 Å². The Hall–Kier alpha value is -2.32. The summed E-state index contributed by atoms with van der Waals surface area (Å²) in [5, 5.41) is 9.41. The summed E-state index contributed by atoms with van der Waals surface area (Å²) in [5.74, 6) is 0.368. The van der Waals surface area contributed by atoms with E-state index >= 15 is 0 Å². The van der Waals surface area contributed by atoms with Crippen LogP contribution in [0.3, 0.4) is 0 Å². The predicted molar refractivity (Wildman–Crippen MR) is 100 cm³/mol. The summed E-state index contributed by atoms with van der Waals surface area (Å²) in [6.07, 6.45) is 2.43. The second-order valence-corrected chi connectivity index (χ2v) is 7.65. The van der Waals surface area contributed by atoms with E-state index in [9.17, 15) is 4.79 Å². The number of amides is 1. The van der Waals surface area contributed by atoms with Crippen molar-refractivity contribution in [1.82, 2.24) is 29.8 Å².